The van der Waals surface area contributed by atoms with Crippen LogP contribution in [0.15, 0.2) is 41.8 Å². The SMILES string of the molecule is CC1CN(CCC(=O)c2cccs2)CCC1(C)c1cccc(O)c1.Cl. The number of phenolic OH excluding ortho intramolecular Hbond substituents is 1. The Hall–Kier alpha value is -1.36. The fourth-order valence-electron chi connectivity index (χ4n) is 3.63. The van der Waals surface area contributed by atoms with E-state index in [1.807, 2.05) is 29.6 Å². The summed E-state index contributed by atoms with van der Waals surface area (Å²) in [6.45, 7) is 7.38. The Morgan fingerprint density at radius 3 is 2.80 bits per heavy atom. The van der Waals surface area contributed by atoms with Crippen molar-refractivity contribution in [3.05, 3.63) is 52.2 Å². The van der Waals surface area contributed by atoms with E-state index >= 15 is 0 Å². The highest BCUT2D eigenvalue weighted by Gasteiger charge is 2.38. The van der Waals surface area contributed by atoms with Crippen molar-refractivity contribution < 1.29 is 9.90 Å². The quantitative estimate of drug-likeness (QED) is 0.762. The second-order valence-corrected chi connectivity index (χ2v) is 8.02. The van der Waals surface area contributed by atoms with E-state index in [0.717, 1.165) is 30.9 Å². The van der Waals surface area contributed by atoms with Gasteiger partial charge in [-0.3, -0.25) is 4.79 Å². The fourth-order valence-corrected chi connectivity index (χ4v) is 4.32. The summed E-state index contributed by atoms with van der Waals surface area (Å²) >= 11 is 1.52. The van der Waals surface area contributed by atoms with Gasteiger partial charge in [0.15, 0.2) is 5.78 Å². The molecule has 0 spiro atoms. The summed E-state index contributed by atoms with van der Waals surface area (Å²) in [6.07, 6.45) is 1.64. The molecule has 25 heavy (non-hydrogen) atoms. The maximum absolute atomic E-state index is 12.2. The van der Waals surface area contributed by atoms with Crippen LogP contribution in [0.25, 0.3) is 0 Å². The monoisotopic (exact) mass is 379 g/mol. The van der Waals surface area contributed by atoms with Crippen LogP contribution in [0, 0.1) is 5.92 Å². The van der Waals surface area contributed by atoms with Gasteiger partial charge < -0.3 is 10.0 Å². The number of carbonyl (C=O) groups excluding carboxylic acids is 1. The van der Waals surface area contributed by atoms with Gasteiger partial charge in [0.2, 0.25) is 0 Å². The van der Waals surface area contributed by atoms with Gasteiger partial charge in [-0.05, 0) is 53.4 Å². The van der Waals surface area contributed by atoms with Crippen LogP contribution in [-0.4, -0.2) is 35.4 Å². The average molecular weight is 380 g/mol. The van der Waals surface area contributed by atoms with Gasteiger partial charge in [-0.25, -0.2) is 0 Å². The van der Waals surface area contributed by atoms with Crippen LogP contribution in [0.1, 0.15) is 41.9 Å². The van der Waals surface area contributed by atoms with Crippen molar-refractivity contribution >= 4 is 29.5 Å². The molecule has 5 heteroatoms. The number of halogens is 1. The normalized spacial score (nSPS) is 23.8. The molecule has 1 N–H and O–H groups in total. The maximum Gasteiger partial charge on any atom is 0.174 e. The second kappa shape index (κ2) is 8.35. The van der Waals surface area contributed by atoms with E-state index in [-0.39, 0.29) is 23.6 Å². The smallest absolute Gasteiger partial charge is 0.174 e. The largest absolute Gasteiger partial charge is 0.508 e. The van der Waals surface area contributed by atoms with Crippen LogP contribution in [0.4, 0.5) is 0 Å². The molecule has 2 atom stereocenters. The number of likely N-dealkylation sites (tertiary alicyclic amines) is 1. The molecule has 136 valence electrons. The molecule has 2 unspecified atom stereocenters. The third-order valence-corrected chi connectivity index (χ3v) is 6.43. The molecule has 0 radical (unpaired) electrons. The van der Waals surface area contributed by atoms with Crippen molar-refractivity contribution in [2.24, 2.45) is 5.92 Å². The van der Waals surface area contributed by atoms with E-state index in [0.29, 0.717) is 18.1 Å². The Bertz CT molecular complexity index is 703. The number of phenols is 1. The summed E-state index contributed by atoms with van der Waals surface area (Å²) in [5.41, 5.74) is 1.29. The summed E-state index contributed by atoms with van der Waals surface area (Å²) in [5, 5.41) is 11.7. The van der Waals surface area contributed by atoms with Gasteiger partial charge in [-0.1, -0.05) is 32.0 Å². The molecule has 0 amide bonds. The third-order valence-electron chi connectivity index (χ3n) is 5.52. The van der Waals surface area contributed by atoms with Crippen molar-refractivity contribution in [1.29, 1.82) is 0 Å². The highest BCUT2D eigenvalue weighted by atomic mass is 35.5. The Labute approximate surface area is 160 Å². The number of Topliss-reactive ketones (excluding diaryl/α,β-unsaturated/α-hetero) is 1. The zero-order valence-corrected chi connectivity index (χ0v) is 16.4. The van der Waals surface area contributed by atoms with E-state index in [4.69, 9.17) is 0 Å². The molecule has 0 saturated carbocycles. The van der Waals surface area contributed by atoms with Crippen LogP contribution in [0.2, 0.25) is 0 Å². The number of carbonyl (C=O) groups is 1. The Morgan fingerprint density at radius 2 is 2.16 bits per heavy atom. The first kappa shape index (κ1) is 20.0. The molecule has 1 aliphatic heterocycles. The van der Waals surface area contributed by atoms with Gasteiger partial charge in [0.1, 0.15) is 5.75 Å². The molecule has 1 aliphatic rings. The summed E-state index contributed by atoms with van der Waals surface area (Å²) in [7, 11) is 0. The molecule has 1 aromatic heterocycles. The average Bonchev–Trinajstić information content (AvgIpc) is 3.10. The van der Waals surface area contributed by atoms with Gasteiger partial charge >= 0.3 is 0 Å². The minimum atomic E-state index is 0. The zero-order valence-electron chi connectivity index (χ0n) is 14.8. The van der Waals surface area contributed by atoms with Crippen LogP contribution in [0.3, 0.4) is 0 Å². The lowest BCUT2D eigenvalue weighted by Gasteiger charge is -2.45. The second-order valence-electron chi connectivity index (χ2n) is 7.07. The first-order valence-corrected chi connectivity index (χ1v) is 9.45. The molecular formula is C20H26ClNO2S. The van der Waals surface area contributed by atoms with E-state index in [1.165, 1.54) is 16.9 Å². The number of thiophene rings is 1. The highest BCUT2D eigenvalue weighted by Crippen LogP contribution is 2.40. The number of ketones is 1. The predicted octanol–water partition coefficient (Wildman–Crippen LogP) is 4.75. The maximum atomic E-state index is 12.2. The minimum Gasteiger partial charge on any atom is -0.508 e. The van der Waals surface area contributed by atoms with E-state index < -0.39 is 0 Å². The van der Waals surface area contributed by atoms with Gasteiger partial charge in [0.05, 0.1) is 4.88 Å². The minimum absolute atomic E-state index is 0. The van der Waals surface area contributed by atoms with E-state index in [1.54, 1.807) is 6.07 Å². The van der Waals surface area contributed by atoms with Crippen molar-refractivity contribution in [2.75, 3.05) is 19.6 Å². The summed E-state index contributed by atoms with van der Waals surface area (Å²) in [6, 6.07) is 11.5. The highest BCUT2D eigenvalue weighted by molar-refractivity contribution is 7.12. The van der Waals surface area contributed by atoms with Crippen molar-refractivity contribution in [2.45, 2.75) is 32.1 Å². The number of benzene rings is 1. The van der Waals surface area contributed by atoms with Crippen LogP contribution >= 0.6 is 23.7 Å². The van der Waals surface area contributed by atoms with Crippen molar-refractivity contribution in [1.82, 2.24) is 4.90 Å². The molecule has 2 heterocycles. The lowest BCUT2D eigenvalue weighted by molar-refractivity contribution is 0.0890. The number of aromatic hydroxyl groups is 1. The third kappa shape index (κ3) is 4.43. The Balaban J connectivity index is 0.00000225. The van der Waals surface area contributed by atoms with E-state index in [9.17, 15) is 9.90 Å². The standard InChI is InChI=1S/C20H25NO2S.ClH/c1-15-14-21(10-8-18(23)19-7-4-12-24-19)11-9-20(15,2)16-5-3-6-17(22)13-16;/h3-7,12-13,15,22H,8-11,14H2,1-2H3;1H. The van der Waals surface area contributed by atoms with Crippen molar-refractivity contribution in [3.63, 3.8) is 0 Å². The molecule has 3 nitrogen and oxygen atoms in total. The number of hydrogen-bond donors (Lipinski definition) is 1. The Kier molecular flexibility index (Phi) is 6.66. The van der Waals surface area contributed by atoms with Crippen molar-refractivity contribution in [3.8, 4) is 5.75 Å². The first-order chi connectivity index (χ1) is 11.5. The summed E-state index contributed by atoms with van der Waals surface area (Å²) in [4.78, 5) is 15.4. The molecule has 1 saturated heterocycles. The number of rotatable bonds is 5. The number of hydrogen-bond acceptors (Lipinski definition) is 4. The van der Waals surface area contributed by atoms with Crippen LogP contribution in [0.5, 0.6) is 5.75 Å². The topological polar surface area (TPSA) is 40.5 Å². The molecule has 0 bridgehead atoms. The van der Waals surface area contributed by atoms with Gasteiger partial charge in [0, 0.05) is 19.5 Å². The summed E-state index contributed by atoms with van der Waals surface area (Å²) < 4.78 is 0. The molecule has 3 rings (SSSR count). The predicted molar refractivity (Wildman–Crippen MR) is 106 cm³/mol. The van der Waals surface area contributed by atoms with Crippen LogP contribution < -0.4 is 0 Å². The molecule has 1 fully saturated rings. The van der Waals surface area contributed by atoms with Gasteiger partial charge in [-0.2, -0.15) is 0 Å². The fraction of sp³-hybridized carbons (Fsp3) is 0.450. The first-order valence-electron chi connectivity index (χ1n) is 8.57. The summed E-state index contributed by atoms with van der Waals surface area (Å²) in [5.74, 6) is 1.06. The number of nitrogens with zero attached hydrogens (tertiary/aromatic N) is 1. The molecule has 0 aliphatic carbocycles. The molecule has 1 aromatic carbocycles. The lowest BCUT2D eigenvalue weighted by atomic mass is 9.68. The van der Waals surface area contributed by atoms with E-state index in [2.05, 4.69) is 24.8 Å². The molecule has 2 aromatic rings. The number of piperidine rings is 1. The van der Waals surface area contributed by atoms with Gasteiger partial charge in [-0.15, -0.1) is 23.7 Å². The van der Waals surface area contributed by atoms with Crippen LogP contribution in [-0.2, 0) is 5.41 Å². The molecular weight excluding hydrogens is 354 g/mol. The van der Waals surface area contributed by atoms with Gasteiger partial charge in [0.25, 0.3) is 0 Å². The zero-order chi connectivity index (χ0) is 17.2. The Morgan fingerprint density at radius 1 is 1.36 bits per heavy atom. The lowest BCUT2D eigenvalue weighted by Crippen LogP contribution is -2.47.